The van der Waals surface area contributed by atoms with Crippen molar-refractivity contribution < 1.29 is 0 Å². The van der Waals surface area contributed by atoms with Gasteiger partial charge in [-0.25, -0.2) is 9.67 Å². The minimum absolute atomic E-state index is 0.312. The number of hydrogen-bond acceptors (Lipinski definition) is 3. The first-order valence-corrected chi connectivity index (χ1v) is 7.24. The lowest BCUT2D eigenvalue weighted by Gasteiger charge is -2.12. The van der Waals surface area contributed by atoms with Crippen LogP contribution in [-0.4, -0.2) is 14.8 Å². The Balaban J connectivity index is 2.14. The summed E-state index contributed by atoms with van der Waals surface area (Å²) in [4.78, 5) is 4.27. The van der Waals surface area contributed by atoms with Gasteiger partial charge in [0.1, 0.15) is 12.2 Å². The summed E-state index contributed by atoms with van der Waals surface area (Å²) < 4.78 is 3.96. The molecule has 2 aromatic rings. The van der Waals surface area contributed by atoms with E-state index in [-0.39, 0.29) is 0 Å². The summed E-state index contributed by atoms with van der Waals surface area (Å²) in [6, 6.07) is 6.29. The van der Waals surface area contributed by atoms with Crippen molar-refractivity contribution in [3.63, 3.8) is 0 Å². The van der Waals surface area contributed by atoms with Crippen molar-refractivity contribution in [3.05, 3.63) is 39.3 Å². The highest BCUT2D eigenvalue weighted by Gasteiger charge is 2.09. The lowest BCUT2D eigenvalue weighted by atomic mass is 10.3. The zero-order chi connectivity index (χ0) is 13.1. The maximum Gasteiger partial charge on any atom is 0.146 e. The molecule has 0 atom stereocenters. The second-order valence-electron chi connectivity index (χ2n) is 4.16. The third kappa shape index (κ3) is 2.92. The van der Waals surface area contributed by atoms with E-state index < -0.39 is 0 Å². The number of benzene rings is 1. The molecular formula is C12H14Br2N4. The van der Waals surface area contributed by atoms with E-state index in [0.717, 1.165) is 20.5 Å². The van der Waals surface area contributed by atoms with Crippen LogP contribution >= 0.6 is 31.9 Å². The van der Waals surface area contributed by atoms with E-state index in [9.17, 15) is 0 Å². The highest BCUT2D eigenvalue weighted by atomic mass is 79.9. The fraction of sp³-hybridized carbons (Fsp3) is 0.333. The molecule has 1 aromatic heterocycles. The summed E-state index contributed by atoms with van der Waals surface area (Å²) in [6.07, 6.45) is 1.59. The second-order valence-corrected chi connectivity index (χ2v) is 5.87. The van der Waals surface area contributed by atoms with Crippen molar-refractivity contribution in [1.82, 2.24) is 14.8 Å². The minimum Gasteiger partial charge on any atom is -0.376 e. The van der Waals surface area contributed by atoms with E-state index in [0.29, 0.717) is 12.6 Å². The van der Waals surface area contributed by atoms with Gasteiger partial charge in [0.15, 0.2) is 0 Å². The molecule has 1 N–H and O–H groups in total. The highest BCUT2D eigenvalue weighted by molar-refractivity contribution is 9.11. The summed E-state index contributed by atoms with van der Waals surface area (Å²) in [7, 11) is 0. The largest absolute Gasteiger partial charge is 0.376 e. The molecule has 0 unspecified atom stereocenters. The number of anilines is 1. The second kappa shape index (κ2) is 5.84. The fourth-order valence-electron chi connectivity index (χ4n) is 1.67. The lowest BCUT2D eigenvalue weighted by molar-refractivity contribution is 0.509. The molecule has 0 aliphatic carbocycles. The molecule has 1 aromatic carbocycles. The first kappa shape index (κ1) is 13.5. The normalized spacial score (nSPS) is 10.9. The highest BCUT2D eigenvalue weighted by Crippen LogP contribution is 2.30. The SMILES string of the molecule is CC(C)n1ncnc1CNc1c(Br)cccc1Br. The molecule has 0 fully saturated rings. The number of halogens is 2. The Kier molecular flexibility index (Phi) is 4.40. The van der Waals surface area contributed by atoms with Crippen molar-refractivity contribution in [2.45, 2.75) is 26.4 Å². The van der Waals surface area contributed by atoms with Gasteiger partial charge in [-0.3, -0.25) is 0 Å². The number of nitrogens with one attached hydrogen (secondary N) is 1. The molecule has 96 valence electrons. The van der Waals surface area contributed by atoms with E-state index in [1.54, 1.807) is 6.33 Å². The van der Waals surface area contributed by atoms with Crippen LogP contribution in [0.5, 0.6) is 0 Å². The Morgan fingerprint density at radius 3 is 2.56 bits per heavy atom. The van der Waals surface area contributed by atoms with Crippen LogP contribution < -0.4 is 5.32 Å². The first-order chi connectivity index (χ1) is 8.59. The average Bonchev–Trinajstić information content (AvgIpc) is 2.76. The van der Waals surface area contributed by atoms with Gasteiger partial charge in [0.05, 0.1) is 12.2 Å². The molecule has 4 nitrogen and oxygen atoms in total. The van der Waals surface area contributed by atoms with Gasteiger partial charge in [-0.15, -0.1) is 0 Å². The monoisotopic (exact) mass is 372 g/mol. The Hall–Kier alpha value is -0.880. The first-order valence-electron chi connectivity index (χ1n) is 5.66. The molecule has 0 saturated heterocycles. The maximum atomic E-state index is 4.27. The Morgan fingerprint density at radius 1 is 1.28 bits per heavy atom. The molecule has 0 aliphatic rings. The van der Waals surface area contributed by atoms with Gasteiger partial charge < -0.3 is 5.32 Å². The zero-order valence-corrected chi connectivity index (χ0v) is 13.4. The van der Waals surface area contributed by atoms with Crippen LogP contribution in [0.3, 0.4) is 0 Å². The van der Waals surface area contributed by atoms with Crippen molar-refractivity contribution in [2.24, 2.45) is 0 Å². The van der Waals surface area contributed by atoms with Crippen LogP contribution in [0.2, 0.25) is 0 Å². The van der Waals surface area contributed by atoms with Crippen LogP contribution in [0.1, 0.15) is 25.7 Å². The number of para-hydroxylation sites is 1. The van der Waals surface area contributed by atoms with Crippen LogP contribution in [-0.2, 0) is 6.54 Å². The predicted molar refractivity (Wildman–Crippen MR) is 79.6 cm³/mol. The van der Waals surface area contributed by atoms with E-state index in [1.807, 2.05) is 22.9 Å². The van der Waals surface area contributed by atoms with Gasteiger partial charge in [-0.2, -0.15) is 5.10 Å². The smallest absolute Gasteiger partial charge is 0.146 e. The molecule has 0 amide bonds. The third-order valence-corrected chi connectivity index (χ3v) is 3.84. The maximum absolute atomic E-state index is 4.27. The molecule has 18 heavy (non-hydrogen) atoms. The molecule has 6 heteroatoms. The number of aromatic nitrogens is 3. The van der Waals surface area contributed by atoms with Gasteiger partial charge in [0.2, 0.25) is 0 Å². The number of nitrogens with zero attached hydrogens (tertiary/aromatic N) is 3. The van der Waals surface area contributed by atoms with Crippen molar-refractivity contribution in [1.29, 1.82) is 0 Å². The number of rotatable bonds is 4. The van der Waals surface area contributed by atoms with Gasteiger partial charge in [-0.1, -0.05) is 6.07 Å². The minimum atomic E-state index is 0.312. The lowest BCUT2D eigenvalue weighted by Crippen LogP contribution is -2.12. The van der Waals surface area contributed by atoms with Crippen LogP contribution in [0.25, 0.3) is 0 Å². The van der Waals surface area contributed by atoms with Gasteiger partial charge >= 0.3 is 0 Å². The molecule has 0 saturated carbocycles. The van der Waals surface area contributed by atoms with Crippen molar-refractivity contribution >= 4 is 37.5 Å². The predicted octanol–water partition coefficient (Wildman–Crippen LogP) is 4.00. The summed E-state index contributed by atoms with van der Waals surface area (Å²) >= 11 is 7.05. The summed E-state index contributed by atoms with van der Waals surface area (Å²) in [5.41, 5.74) is 1.02. The van der Waals surface area contributed by atoms with E-state index >= 15 is 0 Å². The summed E-state index contributed by atoms with van der Waals surface area (Å²) in [5, 5.41) is 7.58. The van der Waals surface area contributed by atoms with E-state index in [2.05, 4.69) is 61.1 Å². The van der Waals surface area contributed by atoms with Gasteiger partial charge in [0, 0.05) is 15.0 Å². The topological polar surface area (TPSA) is 42.7 Å². The zero-order valence-electron chi connectivity index (χ0n) is 10.2. The van der Waals surface area contributed by atoms with Crippen LogP contribution in [0.4, 0.5) is 5.69 Å². The van der Waals surface area contributed by atoms with Crippen LogP contribution in [0, 0.1) is 0 Å². The van der Waals surface area contributed by atoms with E-state index in [4.69, 9.17) is 0 Å². The van der Waals surface area contributed by atoms with Crippen molar-refractivity contribution in [2.75, 3.05) is 5.32 Å². The fourth-order valence-corrected chi connectivity index (χ4v) is 2.94. The average molecular weight is 374 g/mol. The molecule has 0 bridgehead atoms. The van der Waals surface area contributed by atoms with Crippen LogP contribution in [0.15, 0.2) is 33.5 Å². The van der Waals surface area contributed by atoms with Gasteiger partial charge in [0.25, 0.3) is 0 Å². The molecule has 1 heterocycles. The Morgan fingerprint density at radius 2 is 1.94 bits per heavy atom. The van der Waals surface area contributed by atoms with Crippen molar-refractivity contribution in [3.8, 4) is 0 Å². The Labute approximate surface area is 123 Å². The van der Waals surface area contributed by atoms with Gasteiger partial charge in [-0.05, 0) is 57.8 Å². The quantitative estimate of drug-likeness (QED) is 0.880. The molecular weight excluding hydrogens is 360 g/mol. The molecule has 0 aliphatic heterocycles. The molecule has 0 radical (unpaired) electrons. The Bertz CT molecular complexity index is 516. The standard InChI is InChI=1S/C12H14Br2N4/c1-8(2)18-11(16-7-17-18)6-15-12-9(13)4-3-5-10(12)14/h3-5,7-8,15H,6H2,1-2H3. The molecule has 2 rings (SSSR count). The van der Waals surface area contributed by atoms with E-state index in [1.165, 1.54) is 0 Å². The summed E-state index contributed by atoms with van der Waals surface area (Å²) in [5.74, 6) is 0.924. The summed E-state index contributed by atoms with van der Waals surface area (Å²) in [6.45, 7) is 4.82. The third-order valence-electron chi connectivity index (χ3n) is 2.52. The number of hydrogen-bond donors (Lipinski definition) is 1. The molecule has 0 spiro atoms.